The van der Waals surface area contributed by atoms with E-state index in [0.717, 1.165) is 11.1 Å². The summed E-state index contributed by atoms with van der Waals surface area (Å²) in [5.74, 6) is 0.705. The van der Waals surface area contributed by atoms with Gasteiger partial charge in [0, 0.05) is 5.56 Å². The van der Waals surface area contributed by atoms with Crippen LogP contribution in [0.2, 0.25) is 0 Å². The van der Waals surface area contributed by atoms with Crippen molar-refractivity contribution >= 4 is 16.7 Å². The van der Waals surface area contributed by atoms with Gasteiger partial charge in [-0.2, -0.15) is 5.10 Å². The molecule has 2 aromatic heterocycles. The van der Waals surface area contributed by atoms with E-state index < -0.39 is 0 Å². The van der Waals surface area contributed by atoms with Crippen LogP contribution in [0.15, 0.2) is 53.3 Å². The van der Waals surface area contributed by atoms with Crippen LogP contribution in [-0.4, -0.2) is 31.5 Å². The van der Waals surface area contributed by atoms with Gasteiger partial charge >= 0.3 is 0 Å². The molecule has 0 aliphatic heterocycles. The fourth-order valence-electron chi connectivity index (χ4n) is 3.17. The summed E-state index contributed by atoms with van der Waals surface area (Å²) in [7, 11) is 0. The maximum Gasteiger partial charge on any atom is 0.259 e. The standard InChI is InChI=1S/C20H19N5O2/c1-12-5-4-6-13(11-12)17-16(18(21)25(24-17)9-10-26)19-22-15-8-3-2-7-14(15)20(27)23-19/h2-8,11,26H,9-10,21H2,1H3,(H,22,23,27). The van der Waals surface area contributed by atoms with Crippen molar-refractivity contribution in [3.05, 3.63) is 64.4 Å². The number of aliphatic hydroxyl groups excluding tert-OH is 1. The summed E-state index contributed by atoms with van der Waals surface area (Å²) in [6.45, 7) is 2.15. The van der Waals surface area contributed by atoms with Gasteiger partial charge in [0.25, 0.3) is 5.56 Å². The number of hydrogen-bond donors (Lipinski definition) is 3. The van der Waals surface area contributed by atoms with Crippen LogP contribution >= 0.6 is 0 Å². The van der Waals surface area contributed by atoms with Crippen molar-refractivity contribution in [1.82, 2.24) is 19.7 Å². The van der Waals surface area contributed by atoms with E-state index >= 15 is 0 Å². The first-order chi connectivity index (χ1) is 13.1. The average Bonchev–Trinajstić information content (AvgIpc) is 2.98. The minimum absolute atomic E-state index is 0.0970. The number of aromatic nitrogens is 4. The molecule has 0 aliphatic rings. The zero-order chi connectivity index (χ0) is 19.0. The Labute approximate surface area is 155 Å². The van der Waals surface area contributed by atoms with Crippen molar-refractivity contribution in [2.24, 2.45) is 0 Å². The van der Waals surface area contributed by atoms with Gasteiger partial charge in [-0.05, 0) is 25.1 Å². The van der Waals surface area contributed by atoms with E-state index in [-0.39, 0.29) is 18.7 Å². The molecule has 27 heavy (non-hydrogen) atoms. The highest BCUT2D eigenvalue weighted by molar-refractivity contribution is 5.88. The Kier molecular flexibility index (Phi) is 4.21. The molecular formula is C20H19N5O2. The van der Waals surface area contributed by atoms with Crippen LogP contribution in [-0.2, 0) is 6.54 Å². The molecule has 0 fully saturated rings. The second-order valence-electron chi connectivity index (χ2n) is 6.36. The maximum absolute atomic E-state index is 12.5. The van der Waals surface area contributed by atoms with Crippen molar-refractivity contribution in [3.63, 3.8) is 0 Å². The molecule has 7 heteroatoms. The third-order valence-corrected chi connectivity index (χ3v) is 4.44. The number of aromatic amines is 1. The Morgan fingerprint density at radius 2 is 2.00 bits per heavy atom. The van der Waals surface area contributed by atoms with E-state index in [4.69, 9.17) is 5.73 Å². The van der Waals surface area contributed by atoms with Crippen LogP contribution in [0.3, 0.4) is 0 Å². The normalized spacial score (nSPS) is 11.2. The Bertz CT molecular complexity index is 1190. The van der Waals surface area contributed by atoms with E-state index in [1.165, 1.54) is 4.68 Å². The number of anilines is 1. The summed E-state index contributed by atoms with van der Waals surface area (Å²) in [6.07, 6.45) is 0. The molecule has 4 aromatic rings. The fraction of sp³-hybridized carbons (Fsp3) is 0.150. The molecule has 0 saturated carbocycles. The fourth-order valence-corrected chi connectivity index (χ4v) is 3.17. The van der Waals surface area contributed by atoms with E-state index in [1.807, 2.05) is 37.3 Å². The molecule has 136 valence electrons. The number of H-pyrrole nitrogens is 1. The quantitative estimate of drug-likeness (QED) is 0.517. The molecule has 0 atom stereocenters. The van der Waals surface area contributed by atoms with Crippen molar-refractivity contribution < 1.29 is 5.11 Å². The smallest absolute Gasteiger partial charge is 0.259 e. The van der Waals surface area contributed by atoms with E-state index in [0.29, 0.717) is 33.8 Å². The number of aliphatic hydroxyl groups is 1. The molecule has 0 radical (unpaired) electrons. The predicted octanol–water partition coefficient (Wildman–Crippen LogP) is 2.34. The van der Waals surface area contributed by atoms with Crippen LogP contribution in [0.1, 0.15) is 5.56 Å². The molecule has 0 spiro atoms. The number of fused-ring (bicyclic) bond motifs is 1. The number of nitrogens with zero attached hydrogens (tertiary/aromatic N) is 3. The Morgan fingerprint density at radius 1 is 1.19 bits per heavy atom. The van der Waals surface area contributed by atoms with E-state index in [1.54, 1.807) is 18.2 Å². The van der Waals surface area contributed by atoms with Gasteiger partial charge in [-0.1, -0.05) is 35.9 Å². The van der Waals surface area contributed by atoms with Gasteiger partial charge in [0.15, 0.2) is 0 Å². The van der Waals surface area contributed by atoms with Gasteiger partial charge in [-0.3, -0.25) is 4.79 Å². The summed E-state index contributed by atoms with van der Waals surface area (Å²) in [6, 6.07) is 15.0. The lowest BCUT2D eigenvalue weighted by molar-refractivity contribution is 0.270. The van der Waals surface area contributed by atoms with Crippen molar-refractivity contribution in [1.29, 1.82) is 0 Å². The minimum atomic E-state index is -0.236. The van der Waals surface area contributed by atoms with Crippen molar-refractivity contribution in [3.8, 4) is 22.6 Å². The van der Waals surface area contributed by atoms with Crippen molar-refractivity contribution in [2.45, 2.75) is 13.5 Å². The van der Waals surface area contributed by atoms with Gasteiger partial charge in [0.2, 0.25) is 0 Å². The van der Waals surface area contributed by atoms with Crippen LogP contribution in [0.25, 0.3) is 33.5 Å². The lowest BCUT2D eigenvalue weighted by Gasteiger charge is -2.06. The van der Waals surface area contributed by atoms with Gasteiger partial charge in [0.1, 0.15) is 17.3 Å². The number of rotatable bonds is 4. The van der Waals surface area contributed by atoms with Crippen molar-refractivity contribution in [2.75, 3.05) is 12.3 Å². The number of benzene rings is 2. The molecule has 0 aliphatic carbocycles. The molecule has 0 bridgehead atoms. The third kappa shape index (κ3) is 2.98. The van der Waals surface area contributed by atoms with Crippen LogP contribution in [0, 0.1) is 6.92 Å². The predicted molar refractivity (Wildman–Crippen MR) is 105 cm³/mol. The Balaban J connectivity index is 2.01. The zero-order valence-electron chi connectivity index (χ0n) is 14.8. The number of nitrogens with one attached hydrogen (secondary N) is 1. The topological polar surface area (TPSA) is 110 Å². The Hall–Kier alpha value is -3.45. The molecule has 0 amide bonds. The average molecular weight is 361 g/mol. The molecule has 7 nitrogen and oxygen atoms in total. The summed E-state index contributed by atoms with van der Waals surface area (Å²) >= 11 is 0. The highest BCUT2D eigenvalue weighted by Crippen LogP contribution is 2.34. The SMILES string of the molecule is Cc1cccc(-c2nn(CCO)c(N)c2-c2nc3ccccc3c(=O)[nH]2)c1. The second-order valence-corrected chi connectivity index (χ2v) is 6.36. The first kappa shape index (κ1) is 17.0. The maximum atomic E-state index is 12.5. The lowest BCUT2D eigenvalue weighted by atomic mass is 10.0. The summed E-state index contributed by atoms with van der Waals surface area (Å²) in [5, 5.41) is 14.4. The molecule has 2 aromatic carbocycles. The highest BCUT2D eigenvalue weighted by Gasteiger charge is 2.21. The third-order valence-electron chi connectivity index (χ3n) is 4.44. The molecule has 0 saturated heterocycles. The molecule has 4 N–H and O–H groups in total. The van der Waals surface area contributed by atoms with Gasteiger partial charge in [-0.15, -0.1) is 0 Å². The number of hydrogen-bond acceptors (Lipinski definition) is 5. The first-order valence-electron chi connectivity index (χ1n) is 8.62. The molecule has 2 heterocycles. The number of aryl methyl sites for hydroxylation is 1. The molecule has 4 rings (SSSR count). The molecule has 0 unspecified atom stereocenters. The monoisotopic (exact) mass is 361 g/mol. The lowest BCUT2D eigenvalue weighted by Crippen LogP contribution is -2.11. The van der Waals surface area contributed by atoms with Crippen LogP contribution in [0.5, 0.6) is 0 Å². The zero-order valence-corrected chi connectivity index (χ0v) is 14.8. The van der Waals surface area contributed by atoms with E-state index in [2.05, 4.69) is 15.1 Å². The number of para-hydroxylation sites is 1. The van der Waals surface area contributed by atoms with Gasteiger partial charge in [-0.25, -0.2) is 9.67 Å². The van der Waals surface area contributed by atoms with Gasteiger partial charge < -0.3 is 15.8 Å². The van der Waals surface area contributed by atoms with Crippen LogP contribution < -0.4 is 11.3 Å². The minimum Gasteiger partial charge on any atom is -0.394 e. The first-order valence-corrected chi connectivity index (χ1v) is 8.62. The number of nitrogen functional groups attached to an aromatic ring is 1. The summed E-state index contributed by atoms with van der Waals surface area (Å²) in [4.78, 5) is 19.9. The highest BCUT2D eigenvalue weighted by atomic mass is 16.3. The van der Waals surface area contributed by atoms with Crippen LogP contribution in [0.4, 0.5) is 5.82 Å². The van der Waals surface area contributed by atoms with Gasteiger partial charge in [0.05, 0.1) is 29.6 Å². The molecular weight excluding hydrogens is 342 g/mol. The largest absolute Gasteiger partial charge is 0.394 e. The Morgan fingerprint density at radius 3 is 2.78 bits per heavy atom. The number of nitrogens with two attached hydrogens (primary N) is 1. The summed E-state index contributed by atoms with van der Waals surface area (Å²) < 4.78 is 1.53. The van der Waals surface area contributed by atoms with E-state index in [9.17, 15) is 9.90 Å². The second kappa shape index (κ2) is 6.69. The summed E-state index contributed by atoms with van der Waals surface area (Å²) in [5.41, 5.74) is 9.78.